The molecule has 0 heterocycles. The van der Waals surface area contributed by atoms with E-state index in [1.165, 1.54) is 32.1 Å². The van der Waals surface area contributed by atoms with E-state index in [2.05, 4.69) is 5.32 Å². The first-order valence-electron chi connectivity index (χ1n) is 6.67. The summed E-state index contributed by atoms with van der Waals surface area (Å²) in [7, 11) is 0. The van der Waals surface area contributed by atoms with Crippen molar-refractivity contribution in [1.82, 2.24) is 5.32 Å². The van der Waals surface area contributed by atoms with Gasteiger partial charge in [-0.3, -0.25) is 4.79 Å². The Balaban J connectivity index is 2.05. The minimum atomic E-state index is -0.269. The Hall–Kier alpha value is -0.570. The van der Waals surface area contributed by atoms with Crippen molar-refractivity contribution in [3.05, 3.63) is 0 Å². The van der Waals surface area contributed by atoms with Crippen molar-refractivity contribution in [3.63, 3.8) is 0 Å². The van der Waals surface area contributed by atoms with Gasteiger partial charge in [0.2, 0.25) is 5.91 Å². The number of aliphatic hydroxyl groups excluding tert-OH is 1. The van der Waals surface area contributed by atoms with Gasteiger partial charge in [0.25, 0.3) is 0 Å². The Morgan fingerprint density at radius 1 is 1.38 bits per heavy atom. The fourth-order valence-corrected chi connectivity index (χ4v) is 2.31. The van der Waals surface area contributed by atoms with Crippen molar-refractivity contribution in [2.24, 2.45) is 5.92 Å². The third kappa shape index (κ3) is 5.50. The topological polar surface area (TPSA) is 49.3 Å². The number of nitrogens with one attached hydrogen (secondary N) is 1. The van der Waals surface area contributed by atoms with E-state index in [0.717, 1.165) is 6.42 Å². The van der Waals surface area contributed by atoms with Gasteiger partial charge in [-0.2, -0.15) is 0 Å². The average molecular weight is 227 g/mol. The molecule has 1 atom stereocenters. The van der Waals surface area contributed by atoms with Crippen LogP contribution in [-0.4, -0.2) is 23.7 Å². The highest BCUT2D eigenvalue weighted by Gasteiger charge is 2.16. The van der Waals surface area contributed by atoms with Crippen LogP contribution in [0, 0.1) is 5.92 Å². The molecule has 1 rings (SSSR count). The van der Waals surface area contributed by atoms with Crippen LogP contribution in [0.4, 0.5) is 0 Å². The third-order valence-electron chi connectivity index (χ3n) is 3.47. The van der Waals surface area contributed by atoms with Gasteiger partial charge in [0.15, 0.2) is 0 Å². The molecule has 3 heteroatoms. The number of rotatable bonds is 6. The fourth-order valence-electron chi connectivity index (χ4n) is 2.31. The molecule has 0 aromatic heterocycles. The molecular weight excluding hydrogens is 202 g/mol. The Morgan fingerprint density at radius 3 is 2.69 bits per heavy atom. The number of amides is 1. The molecule has 0 aromatic rings. The average Bonchev–Trinajstić information content (AvgIpc) is 2.30. The zero-order valence-electron chi connectivity index (χ0n) is 10.4. The summed E-state index contributed by atoms with van der Waals surface area (Å²) >= 11 is 0. The molecule has 0 bridgehead atoms. The predicted molar refractivity (Wildman–Crippen MR) is 65.1 cm³/mol. The Bertz CT molecular complexity index is 200. The van der Waals surface area contributed by atoms with Crippen molar-refractivity contribution in [2.45, 2.75) is 64.4 Å². The number of hydrogen-bond acceptors (Lipinski definition) is 2. The molecule has 0 spiro atoms. The van der Waals surface area contributed by atoms with E-state index in [9.17, 15) is 9.90 Å². The summed E-state index contributed by atoms with van der Waals surface area (Å²) < 4.78 is 0. The maximum Gasteiger partial charge on any atom is 0.220 e. The molecule has 94 valence electrons. The van der Waals surface area contributed by atoms with Gasteiger partial charge in [-0.15, -0.1) is 0 Å². The molecule has 3 nitrogen and oxygen atoms in total. The maximum atomic E-state index is 11.6. The molecule has 1 aliphatic carbocycles. The van der Waals surface area contributed by atoms with Gasteiger partial charge in [-0.1, -0.05) is 26.2 Å². The van der Waals surface area contributed by atoms with E-state index >= 15 is 0 Å². The highest BCUT2D eigenvalue weighted by molar-refractivity contribution is 5.76. The highest BCUT2D eigenvalue weighted by atomic mass is 16.3. The van der Waals surface area contributed by atoms with Crippen molar-refractivity contribution in [3.8, 4) is 0 Å². The SMILES string of the molecule is CCC(O)CCNC(=O)CC1CCCCC1. The van der Waals surface area contributed by atoms with Crippen LogP contribution >= 0.6 is 0 Å². The first-order valence-corrected chi connectivity index (χ1v) is 6.67. The number of hydrogen-bond donors (Lipinski definition) is 2. The van der Waals surface area contributed by atoms with E-state index in [1.54, 1.807) is 0 Å². The van der Waals surface area contributed by atoms with Crippen LogP contribution in [0.25, 0.3) is 0 Å². The molecular formula is C13H25NO2. The minimum Gasteiger partial charge on any atom is -0.393 e. The highest BCUT2D eigenvalue weighted by Crippen LogP contribution is 2.25. The molecule has 1 unspecified atom stereocenters. The van der Waals surface area contributed by atoms with Crippen LogP contribution in [0.1, 0.15) is 58.3 Å². The zero-order valence-corrected chi connectivity index (χ0v) is 10.4. The van der Waals surface area contributed by atoms with Crippen molar-refractivity contribution in [2.75, 3.05) is 6.54 Å². The second kappa shape index (κ2) is 7.66. The van der Waals surface area contributed by atoms with Crippen molar-refractivity contribution < 1.29 is 9.90 Å². The van der Waals surface area contributed by atoms with Gasteiger partial charge in [0, 0.05) is 13.0 Å². The molecule has 16 heavy (non-hydrogen) atoms. The lowest BCUT2D eigenvalue weighted by Crippen LogP contribution is -2.29. The second-order valence-electron chi connectivity index (χ2n) is 4.91. The van der Waals surface area contributed by atoms with Gasteiger partial charge in [0.05, 0.1) is 6.10 Å². The zero-order chi connectivity index (χ0) is 11.8. The third-order valence-corrected chi connectivity index (χ3v) is 3.47. The van der Waals surface area contributed by atoms with E-state index < -0.39 is 0 Å². The van der Waals surface area contributed by atoms with Crippen molar-refractivity contribution >= 4 is 5.91 Å². The first kappa shape index (κ1) is 13.5. The van der Waals surface area contributed by atoms with Crippen LogP contribution < -0.4 is 5.32 Å². The van der Waals surface area contributed by atoms with Crippen LogP contribution in [0.3, 0.4) is 0 Å². The van der Waals surface area contributed by atoms with Crippen LogP contribution in [0.2, 0.25) is 0 Å². The first-order chi connectivity index (χ1) is 7.72. The van der Waals surface area contributed by atoms with E-state index in [1.807, 2.05) is 6.92 Å². The van der Waals surface area contributed by atoms with E-state index in [4.69, 9.17) is 0 Å². The summed E-state index contributed by atoms with van der Waals surface area (Å²) in [6.07, 6.45) is 8.18. The lowest BCUT2D eigenvalue weighted by atomic mass is 9.87. The van der Waals surface area contributed by atoms with Crippen LogP contribution in [0.5, 0.6) is 0 Å². The molecule has 0 aromatic carbocycles. The number of carbonyl (C=O) groups excluding carboxylic acids is 1. The lowest BCUT2D eigenvalue weighted by Gasteiger charge is -2.20. The lowest BCUT2D eigenvalue weighted by molar-refractivity contribution is -0.122. The summed E-state index contributed by atoms with van der Waals surface area (Å²) in [5, 5.41) is 12.2. The molecule has 0 aliphatic heterocycles. The van der Waals surface area contributed by atoms with E-state index in [-0.39, 0.29) is 12.0 Å². The standard InChI is InChI=1S/C13H25NO2/c1-2-12(15)8-9-14-13(16)10-11-6-4-3-5-7-11/h11-12,15H,2-10H2,1H3,(H,14,16). The quantitative estimate of drug-likeness (QED) is 0.731. The summed E-state index contributed by atoms with van der Waals surface area (Å²) in [5.74, 6) is 0.764. The Labute approximate surface area is 98.6 Å². The van der Waals surface area contributed by atoms with Gasteiger partial charge in [0.1, 0.15) is 0 Å². The summed E-state index contributed by atoms with van der Waals surface area (Å²) in [6.45, 7) is 2.56. The minimum absolute atomic E-state index is 0.162. The Morgan fingerprint density at radius 2 is 2.06 bits per heavy atom. The monoisotopic (exact) mass is 227 g/mol. The molecule has 1 aliphatic rings. The molecule has 1 amide bonds. The molecule has 0 radical (unpaired) electrons. The van der Waals surface area contributed by atoms with Gasteiger partial charge >= 0.3 is 0 Å². The van der Waals surface area contributed by atoms with Crippen molar-refractivity contribution in [1.29, 1.82) is 0 Å². The summed E-state index contributed by atoms with van der Waals surface area (Å²) in [4.78, 5) is 11.6. The molecule has 1 saturated carbocycles. The molecule has 1 fully saturated rings. The largest absolute Gasteiger partial charge is 0.393 e. The summed E-state index contributed by atoms with van der Waals surface area (Å²) in [6, 6.07) is 0. The normalized spacial score (nSPS) is 19.4. The van der Waals surface area contributed by atoms with Gasteiger partial charge in [-0.05, 0) is 31.6 Å². The molecule has 0 saturated heterocycles. The molecule has 2 N–H and O–H groups in total. The second-order valence-corrected chi connectivity index (χ2v) is 4.91. The Kier molecular flexibility index (Phi) is 6.46. The van der Waals surface area contributed by atoms with Gasteiger partial charge in [-0.25, -0.2) is 0 Å². The van der Waals surface area contributed by atoms with Gasteiger partial charge < -0.3 is 10.4 Å². The summed E-state index contributed by atoms with van der Waals surface area (Å²) in [5.41, 5.74) is 0. The smallest absolute Gasteiger partial charge is 0.220 e. The predicted octanol–water partition coefficient (Wildman–Crippen LogP) is 2.23. The fraction of sp³-hybridized carbons (Fsp3) is 0.923. The number of carbonyl (C=O) groups is 1. The van der Waals surface area contributed by atoms with Crippen LogP contribution in [-0.2, 0) is 4.79 Å². The van der Waals surface area contributed by atoms with E-state index in [0.29, 0.717) is 25.3 Å². The maximum absolute atomic E-state index is 11.6. The van der Waals surface area contributed by atoms with Crippen LogP contribution in [0.15, 0.2) is 0 Å². The number of aliphatic hydroxyl groups is 1.